The fourth-order valence-electron chi connectivity index (χ4n) is 4.42. The van der Waals surface area contributed by atoms with Crippen molar-refractivity contribution >= 4 is 5.91 Å². The molecule has 1 aliphatic rings. The zero-order valence-corrected chi connectivity index (χ0v) is 19.2. The molecule has 5 nitrogen and oxygen atoms in total. The highest BCUT2D eigenvalue weighted by molar-refractivity contribution is 5.94. The van der Waals surface area contributed by atoms with Gasteiger partial charge in [-0.1, -0.05) is 36.4 Å². The highest BCUT2D eigenvalue weighted by Crippen LogP contribution is 2.32. The minimum atomic E-state index is -0.495. The summed E-state index contributed by atoms with van der Waals surface area (Å²) in [5.74, 6) is 0.646. The van der Waals surface area contributed by atoms with E-state index in [4.69, 9.17) is 10.00 Å². The quantitative estimate of drug-likeness (QED) is 0.516. The number of amides is 1. The first-order valence-electron chi connectivity index (χ1n) is 11.5. The van der Waals surface area contributed by atoms with Gasteiger partial charge in [0, 0.05) is 24.7 Å². The molecule has 1 N–H and O–H groups in total. The lowest BCUT2D eigenvalue weighted by atomic mass is 9.95. The molecular formula is C28H28FN3O2. The monoisotopic (exact) mass is 457 g/mol. The molecule has 1 aliphatic heterocycles. The Labute approximate surface area is 199 Å². The third-order valence-electron chi connectivity index (χ3n) is 6.15. The summed E-state index contributed by atoms with van der Waals surface area (Å²) in [5, 5.41) is 12.3. The molecule has 1 heterocycles. The molecular weight excluding hydrogens is 429 g/mol. The number of ether oxygens (including phenoxy) is 1. The maximum atomic E-state index is 13.1. The van der Waals surface area contributed by atoms with Crippen molar-refractivity contribution < 1.29 is 13.9 Å². The van der Waals surface area contributed by atoms with E-state index in [9.17, 15) is 9.18 Å². The number of nitriles is 1. The van der Waals surface area contributed by atoms with Gasteiger partial charge in [-0.15, -0.1) is 0 Å². The van der Waals surface area contributed by atoms with Crippen LogP contribution in [-0.4, -0.2) is 36.5 Å². The zero-order valence-electron chi connectivity index (χ0n) is 19.2. The second-order valence-electron chi connectivity index (χ2n) is 8.42. The summed E-state index contributed by atoms with van der Waals surface area (Å²) in [7, 11) is 0. The number of likely N-dealkylation sites (tertiary alicyclic amines) is 1. The van der Waals surface area contributed by atoms with Crippen LogP contribution in [0.3, 0.4) is 0 Å². The van der Waals surface area contributed by atoms with Crippen LogP contribution in [0.4, 0.5) is 4.39 Å². The third-order valence-corrected chi connectivity index (χ3v) is 6.15. The van der Waals surface area contributed by atoms with Crippen LogP contribution in [0.1, 0.15) is 52.0 Å². The first-order valence-corrected chi connectivity index (χ1v) is 11.5. The largest absolute Gasteiger partial charge is 0.494 e. The molecule has 174 valence electrons. The number of benzene rings is 3. The number of nitrogens with one attached hydrogen (secondary N) is 1. The van der Waals surface area contributed by atoms with E-state index < -0.39 is 6.67 Å². The summed E-state index contributed by atoms with van der Waals surface area (Å²) < 4.78 is 18.5. The first-order chi connectivity index (χ1) is 16.6. The lowest BCUT2D eigenvalue weighted by molar-refractivity contribution is 0.0937. The van der Waals surface area contributed by atoms with Crippen molar-refractivity contribution in [2.45, 2.75) is 32.1 Å². The topological polar surface area (TPSA) is 65.4 Å². The number of hydrogen-bond acceptors (Lipinski definition) is 4. The smallest absolute Gasteiger partial charge is 0.251 e. The molecule has 1 amide bonds. The second kappa shape index (κ2) is 11.0. The number of carbonyl (C=O) groups excluding carboxylic acids is 1. The van der Waals surface area contributed by atoms with E-state index in [2.05, 4.69) is 16.3 Å². The van der Waals surface area contributed by atoms with Crippen molar-refractivity contribution in [3.05, 3.63) is 101 Å². The molecule has 6 heteroatoms. The molecule has 0 spiro atoms. The molecule has 1 unspecified atom stereocenters. The van der Waals surface area contributed by atoms with Gasteiger partial charge >= 0.3 is 0 Å². The fraction of sp³-hybridized carbons (Fsp3) is 0.286. The fourth-order valence-corrected chi connectivity index (χ4v) is 4.42. The van der Waals surface area contributed by atoms with Crippen molar-refractivity contribution in [2.75, 3.05) is 19.7 Å². The van der Waals surface area contributed by atoms with Gasteiger partial charge in [0.2, 0.25) is 0 Å². The molecule has 4 rings (SSSR count). The highest BCUT2D eigenvalue weighted by atomic mass is 19.1. The van der Waals surface area contributed by atoms with Gasteiger partial charge in [0.1, 0.15) is 12.4 Å². The Morgan fingerprint density at radius 2 is 1.74 bits per heavy atom. The van der Waals surface area contributed by atoms with E-state index in [0.717, 1.165) is 29.8 Å². The lowest BCUT2D eigenvalue weighted by Crippen LogP contribution is -2.38. The minimum absolute atomic E-state index is 0.0186. The third kappa shape index (κ3) is 5.44. The molecule has 3 aromatic rings. The van der Waals surface area contributed by atoms with E-state index in [1.807, 2.05) is 55.5 Å². The standard InChI is InChI=1S/C28H28FN3O2/c1-2-34-26-13-11-24(12-14-26)28(33)31-25-15-16-32(19-25)27(22-7-3-20(17-29)4-8-22)23-9-5-21(18-30)6-10-23/h3-14,25,27H,2,15-17,19H2,1H3,(H,31,33)/t25?,27-/m0/s1. The Bertz CT molecular complexity index is 1140. The molecule has 0 saturated carbocycles. The van der Waals surface area contributed by atoms with Crippen molar-refractivity contribution in [3.8, 4) is 11.8 Å². The first kappa shape index (κ1) is 23.5. The van der Waals surface area contributed by atoms with E-state index >= 15 is 0 Å². The molecule has 0 aromatic heterocycles. The molecule has 2 atom stereocenters. The van der Waals surface area contributed by atoms with Crippen molar-refractivity contribution in [1.82, 2.24) is 10.2 Å². The van der Waals surface area contributed by atoms with Gasteiger partial charge in [-0.05, 0) is 66.4 Å². The summed E-state index contributed by atoms with van der Waals surface area (Å²) in [6.07, 6.45) is 0.831. The predicted molar refractivity (Wildman–Crippen MR) is 129 cm³/mol. The molecule has 1 saturated heterocycles. The number of rotatable bonds is 8. The average molecular weight is 458 g/mol. The van der Waals surface area contributed by atoms with E-state index in [1.165, 1.54) is 0 Å². The van der Waals surface area contributed by atoms with Crippen molar-refractivity contribution in [2.24, 2.45) is 0 Å². The highest BCUT2D eigenvalue weighted by Gasteiger charge is 2.31. The number of carbonyl (C=O) groups is 1. The van der Waals surface area contributed by atoms with Gasteiger partial charge in [0.25, 0.3) is 5.91 Å². The molecule has 3 aromatic carbocycles. The van der Waals surface area contributed by atoms with Crippen molar-refractivity contribution in [1.29, 1.82) is 5.26 Å². The van der Waals surface area contributed by atoms with Crippen LogP contribution in [0.2, 0.25) is 0 Å². The molecule has 0 radical (unpaired) electrons. The van der Waals surface area contributed by atoms with Gasteiger partial charge in [0.05, 0.1) is 24.3 Å². The van der Waals surface area contributed by atoms with Crippen LogP contribution in [-0.2, 0) is 6.67 Å². The lowest BCUT2D eigenvalue weighted by Gasteiger charge is -2.29. The summed E-state index contributed by atoms with van der Waals surface area (Å²) in [5.41, 5.74) is 3.97. The Kier molecular flexibility index (Phi) is 7.56. The normalized spacial score (nSPS) is 16.6. The van der Waals surface area contributed by atoms with E-state index in [0.29, 0.717) is 29.8 Å². The van der Waals surface area contributed by atoms with Crippen LogP contribution < -0.4 is 10.1 Å². The minimum Gasteiger partial charge on any atom is -0.494 e. The van der Waals surface area contributed by atoms with E-state index in [1.54, 1.807) is 24.3 Å². The Morgan fingerprint density at radius 1 is 1.09 bits per heavy atom. The van der Waals surface area contributed by atoms with Crippen LogP contribution in [0.15, 0.2) is 72.8 Å². The number of nitrogens with zero attached hydrogens (tertiary/aromatic N) is 2. The zero-order chi connectivity index (χ0) is 23.9. The molecule has 0 bridgehead atoms. The van der Waals surface area contributed by atoms with Gasteiger partial charge in [-0.3, -0.25) is 9.69 Å². The maximum absolute atomic E-state index is 13.1. The maximum Gasteiger partial charge on any atom is 0.251 e. The van der Waals surface area contributed by atoms with E-state index in [-0.39, 0.29) is 18.0 Å². The summed E-state index contributed by atoms with van der Waals surface area (Å²) >= 11 is 0. The molecule has 0 aliphatic carbocycles. The Hall–Kier alpha value is -3.69. The van der Waals surface area contributed by atoms with Crippen LogP contribution in [0.5, 0.6) is 5.75 Å². The summed E-state index contributed by atoms with van der Waals surface area (Å²) in [6.45, 7) is 3.51. The summed E-state index contributed by atoms with van der Waals surface area (Å²) in [6, 6.07) is 24.4. The van der Waals surface area contributed by atoms with Gasteiger partial charge in [-0.25, -0.2) is 4.39 Å². The van der Waals surface area contributed by atoms with Gasteiger partial charge in [0.15, 0.2) is 0 Å². The number of halogens is 1. The van der Waals surface area contributed by atoms with Gasteiger partial charge < -0.3 is 10.1 Å². The SMILES string of the molecule is CCOc1ccc(C(=O)NC2CCN([C@H](c3ccc(C#N)cc3)c3ccc(CF)cc3)C2)cc1. The van der Waals surface area contributed by atoms with Crippen LogP contribution in [0.25, 0.3) is 0 Å². The average Bonchev–Trinajstić information content (AvgIpc) is 3.33. The molecule has 1 fully saturated rings. The Morgan fingerprint density at radius 3 is 2.32 bits per heavy atom. The van der Waals surface area contributed by atoms with Crippen LogP contribution >= 0.6 is 0 Å². The van der Waals surface area contributed by atoms with Crippen molar-refractivity contribution in [3.63, 3.8) is 0 Å². The van der Waals surface area contributed by atoms with Crippen LogP contribution in [0, 0.1) is 11.3 Å². The predicted octanol–water partition coefficient (Wildman–Crippen LogP) is 5.02. The molecule has 34 heavy (non-hydrogen) atoms. The second-order valence-corrected chi connectivity index (χ2v) is 8.42. The number of hydrogen-bond donors (Lipinski definition) is 1. The Balaban J connectivity index is 1.49. The number of alkyl halides is 1. The summed E-state index contributed by atoms with van der Waals surface area (Å²) in [4.78, 5) is 15.1. The van der Waals surface area contributed by atoms with Gasteiger partial charge in [-0.2, -0.15) is 5.26 Å².